The van der Waals surface area contributed by atoms with E-state index in [0.717, 1.165) is 12.5 Å². The summed E-state index contributed by atoms with van der Waals surface area (Å²) in [5.74, 6) is 0.909. The summed E-state index contributed by atoms with van der Waals surface area (Å²) < 4.78 is 0. The molecule has 1 unspecified atom stereocenters. The lowest BCUT2D eigenvalue weighted by molar-refractivity contribution is 0.589. The first-order valence-electron chi connectivity index (χ1n) is 6.04. The van der Waals surface area contributed by atoms with Crippen molar-refractivity contribution < 1.29 is 0 Å². The van der Waals surface area contributed by atoms with Crippen LogP contribution in [-0.2, 0) is 6.54 Å². The number of halogens is 1. The van der Waals surface area contributed by atoms with Crippen molar-refractivity contribution >= 4 is 41.3 Å². The molecule has 0 aliphatic heterocycles. The Bertz CT molecular complexity index is 426. The average Bonchev–Trinajstić information content (AvgIpc) is 2.68. The molecule has 1 aromatic rings. The average molecular weight is 379 g/mol. The largest absolute Gasteiger partial charge is 0.353 e. The van der Waals surface area contributed by atoms with Crippen LogP contribution in [0.3, 0.4) is 0 Å². The third-order valence-electron chi connectivity index (χ3n) is 3.27. The van der Waals surface area contributed by atoms with Crippen LogP contribution in [0.1, 0.15) is 30.0 Å². The Morgan fingerprint density at radius 2 is 2.17 bits per heavy atom. The smallest absolute Gasteiger partial charge is 0.191 e. The van der Waals surface area contributed by atoms with Crippen molar-refractivity contribution in [2.24, 2.45) is 10.4 Å². The number of aryl methyl sites for hydroxylation is 1. The summed E-state index contributed by atoms with van der Waals surface area (Å²) in [5.41, 5.74) is 0.428. The Morgan fingerprint density at radius 1 is 1.50 bits per heavy atom. The van der Waals surface area contributed by atoms with Gasteiger partial charge in [0, 0.05) is 22.8 Å². The predicted molar refractivity (Wildman–Crippen MR) is 90.0 cm³/mol. The second-order valence-corrected chi connectivity index (χ2v) is 6.70. The van der Waals surface area contributed by atoms with Crippen molar-refractivity contribution in [1.82, 2.24) is 10.6 Å². The molecule has 0 spiro atoms. The first-order chi connectivity index (χ1) is 8.01. The van der Waals surface area contributed by atoms with E-state index in [1.54, 1.807) is 0 Å². The highest BCUT2D eigenvalue weighted by Gasteiger charge is 2.46. The highest BCUT2D eigenvalue weighted by Crippen LogP contribution is 2.44. The molecule has 0 amide bonds. The van der Waals surface area contributed by atoms with E-state index in [2.05, 4.69) is 48.5 Å². The molecule has 1 aliphatic carbocycles. The van der Waals surface area contributed by atoms with E-state index < -0.39 is 0 Å². The van der Waals surface area contributed by atoms with E-state index in [1.165, 1.54) is 16.2 Å². The lowest BCUT2D eigenvalue weighted by atomic mass is 10.2. The summed E-state index contributed by atoms with van der Waals surface area (Å²) in [5, 5.41) is 6.81. The van der Waals surface area contributed by atoms with Crippen molar-refractivity contribution in [3.8, 4) is 0 Å². The van der Waals surface area contributed by atoms with Crippen LogP contribution in [0.5, 0.6) is 0 Å². The third kappa shape index (κ3) is 4.12. The SMILES string of the molecule is CN=C(NCc1ccc(C)s1)NC1CC1(C)C.I. The molecule has 1 aliphatic rings. The number of thiophene rings is 1. The lowest BCUT2D eigenvalue weighted by Gasteiger charge is -2.12. The number of hydrogen-bond acceptors (Lipinski definition) is 2. The maximum Gasteiger partial charge on any atom is 0.191 e. The fourth-order valence-electron chi connectivity index (χ4n) is 1.82. The molecule has 102 valence electrons. The quantitative estimate of drug-likeness (QED) is 0.481. The summed E-state index contributed by atoms with van der Waals surface area (Å²) in [6, 6.07) is 4.89. The number of nitrogens with one attached hydrogen (secondary N) is 2. The van der Waals surface area contributed by atoms with Crippen LogP contribution in [0.15, 0.2) is 17.1 Å². The lowest BCUT2D eigenvalue weighted by Crippen LogP contribution is -2.39. The molecule has 1 heterocycles. The van der Waals surface area contributed by atoms with Crippen molar-refractivity contribution in [3.05, 3.63) is 21.9 Å². The summed E-state index contributed by atoms with van der Waals surface area (Å²) in [4.78, 5) is 6.96. The van der Waals surface area contributed by atoms with Gasteiger partial charge in [-0.15, -0.1) is 35.3 Å². The first-order valence-corrected chi connectivity index (χ1v) is 6.85. The highest BCUT2D eigenvalue weighted by molar-refractivity contribution is 14.0. The van der Waals surface area contributed by atoms with Gasteiger partial charge in [0.1, 0.15) is 0 Å². The molecule has 0 bridgehead atoms. The second kappa shape index (κ2) is 6.23. The zero-order chi connectivity index (χ0) is 12.5. The van der Waals surface area contributed by atoms with Gasteiger partial charge < -0.3 is 10.6 Å². The molecule has 0 aromatic carbocycles. The van der Waals surface area contributed by atoms with Gasteiger partial charge >= 0.3 is 0 Å². The minimum atomic E-state index is 0. The van der Waals surface area contributed by atoms with Gasteiger partial charge in [-0.3, -0.25) is 4.99 Å². The zero-order valence-electron chi connectivity index (χ0n) is 11.4. The van der Waals surface area contributed by atoms with E-state index in [9.17, 15) is 0 Å². The minimum Gasteiger partial charge on any atom is -0.353 e. The fourth-order valence-corrected chi connectivity index (χ4v) is 2.65. The van der Waals surface area contributed by atoms with Gasteiger partial charge in [-0.05, 0) is 30.9 Å². The first kappa shape index (κ1) is 15.8. The Morgan fingerprint density at radius 3 is 2.61 bits per heavy atom. The predicted octanol–water partition coefficient (Wildman–Crippen LogP) is 3.14. The van der Waals surface area contributed by atoms with Gasteiger partial charge in [0.2, 0.25) is 0 Å². The molecule has 18 heavy (non-hydrogen) atoms. The molecule has 2 rings (SSSR count). The normalized spacial score (nSPS) is 21.1. The maximum absolute atomic E-state index is 4.25. The van der Waals surface area contributed by atoms with Gasteiger partial charge in [-0.1, -0.05) is 13.8 Å². The van der Waals surface area contributed by atoms with E-state index in [4.69, 9.17) is 0 Å². The molecule has 1 saturated carbocycles. The molecule has 0 radical (unpaired) electrons. The van der Waals surface area contributed by atoms with Crippen LogP contribution in [0.2, 0.25) is 0 Å². The number of aliphatic imine (C=N–C) groups is 1. The summed E-state index contributed by atoms with van der Waals surface area (Å²) in [6.07, 6.45) is 1.23. The number of hydrogen-bond donors (Lipinski definition) is 2. The van der Waals surface area contributed by atoms with Gasteiger partial charge in [0.25, 0.3) is 0 Å². The highest BCUT2D eigenvalue weighted by atomic mass is 127. The van der Waals surface area contributed by atoms with Gasteiger partial charge in [-0.2, -0.15) is 0 Å². The Hall–Kier alpha value is -0.300. The monoisotopic (exact) mass is 379 g/mol. The van der Waals surface area contributed by atoms with Crippen molar-refractivity contribution in [1.29, 1.82) is 0 Å². The minimum absolute atomic E-state index is 0. The van der Waals surface area contributed by atoms with Gasteiger partial charge in [0.05, 0.1) is 6.54 Å². The zero-order valence-corrected chi connectivity index (χ0v) is 14.6. The molecule has 0 saturated heterocycles. The third-order valence-corrected chi connectivity index (χ3v) is 4.27. The van der Waals surface area contributed by atoms with Crippen LogP contribution in [-0.4, -0.2) is 19.0 Å². The molecule has 2 N–H and O–H groups in total. The van der Waals surface area contributed by atoms with E-state index in [1.807, 2.05) is 18.4 Å². The molecular weight excluding hydrogens is 357 g/mol. The second-order valence-electron chi connectivity index (χ2n) is 5.33. The van der Waals surface area contributed by atoms with E-state index >= 15 is 0 Å². The fraction of sp³-hybridized carbons (Fsp3) is 0.615. The maximum atomic E-state index is 4.25. The van der Waals surface area contributed by atoms with Crippen LogP contribution >= 0.6 is 35.3 Å². The Balaban J connectivity index is 0.00000162. The Labute approximate surface area is 130 Å². The topological polar surface area (TPSA) is 36.4 Å². The molecule has 1 aromatic heterocycles. The van der Waals surface area contributed by atoms with E-state index in [0.29, 0.717) is 11.5 Å². The molecule has 1 atom stereocenters. The van der Waals surface area contributed by atoms with Crippen molar-refractivity contribution in [3.63, 3.8) is 0 Å². The van der Waals surface area contributed by atoms with Crippen LogP contribution in [0.25, 0.3) is 0 Å². The van der Waals surface area contributed by atoms with Gasteiger partial charge in [0.15, 0.2) is 5.96 Å². The van der Waals surface area contributed by atoms with Crippen LogP contribution in [0, 0.1) is 12.3 Å². The van der Waals surface area contributed by atoms with Gasteiger partial charge in [-0.25, -0.2) is 0 Å². The standard InChI is InChI=1S/C13H21N3S.HI/c1-9-5-6-10(17-9)8-15-12(14-4)16-11-7-13(11,2)3;/h5-6,11H,7-8H2,1-4H3,(H2,14,15,16);1H. The van der Waals surface area contributed by atoms with Crippen LogP contribution in [0.4, 0.5) is 0 Å². The number of rotatable bonds is 3. The van der Waals surface area contributed by atoms with Crippen molar-refractivity contribution in [2.75, 3.05) is 7.05 Å². The molecule has 3 nitrogen and oxygen atoms in total. The molecule has 1 fully saturated rings. The summed E-state index contributed by atoms with van der Waals surface area (Å²) in [6.45, 7) is 7.54. The van der Waals surface area contributed by atoms with E-state index in [-0.39, 0.29) is 24.0 Å². The number of nitrogens with zero attached hydrogens (tertiary/aromatic N) is 1. The van der Waals surface area contributed by atoms with Crippen molar-refractivity contribution in [2.45, 2.75) is 39.8 Å². The molecular formula is C13H22IN3S. The molecule has 5 heteroatoms. The number of guanidine groups is 1. The summed E-state index contributed by atoms with van der Waals surface area (Å²) >= 11 is 1.83. The van der Waals surface area contributed by atoms with Crippen LogP contribution < -0.4 is 10.6 Å². The Kier molecular flexibility index (Phi) is 5.46. The summed E-state index contributed by atoms with van der Waals surface area (Å²) in [7, 11) is 1.82.